The van der Waals surface area contributed by atoms with Crippen LogP contribution in [-0.2, 0) is 4.79 Å². The number of hydrogen-bond acceptors (Lipinski definition) is 1. The molecular weight excluding hydrogens is 231 g/mol. The first kappa shape index (κ1) is 12.3. The van der Waals surface area contributed by atoms with Crippen LogP contribution in [-0.4, -0.2) is 11.1 Å². The molecule has 0 saturated carbocycles. The van der Waals surface area contributed by atoms with Crippen LogP contribution in [0.1, 0.15) is 23.5 Å². The van der Waals surface area contributed by atoms with E-state index in [1.165, 1.54) is 12.1 Å². The van der Waals surface area contributed by atoms with Crippen LogP contribution >= 0.6 is 0 Å². The maximum absolute atomic E-state index is 13.2. The van der Waals surface area contributed by atoms with Gasteiger partial charge in [0.15, 0.2) is 0 Å². The van der Waals surface area contributed by atoms with Crippen LogP contribution in [0.2, 0.25) is 0 Å². The molecule has 0 spiro atoms. The highest BCUT2D eigenvalue weighted by Gasteiger charge is 2.17. The van der Waals surface area contributed by atoms with E-state index in [2.05, 4.69) is 0 Å². The summed E-state index contributed by atoms with van der Waals surface area (Å²) >= 11 is 0. The average Bonchev–Trinajstić information content (AvgIpc) is 2.37. The molecule has 2 aromatic carbocycles. The lowest BCUT2D eigenvalue weighted by Gasteiger charge is -2.15. The van der Waals surface area contributed by atoms with Gasteiger partial charge in [-0.3, -0.25) is 4.79 Å². The summed E-state index contributed by atoms with van der Waals surface area (Å²) in [7, 11) is 0. The minimum atomic E-state index is -0.895. The molecule has 2 rings (SSSR count). The first-order valence-corrected chi connectivity index (χ1v) is 5.69. The Hall–Kier alpha value is -2.16. The Kier molecular flexibility index (Phi) is 3.72. The SMILES string of the molecule is O=C(O)C[C@H](c1ccccc1)c1cccc(F)c1. The third kappa shape index (κ3) is 2.94. The van der Waals surface area contributed by atoms with Crippen molar-refractivity contribution in [3.8, 4) is 0 Å². The highest BCUT2D eigenvalue weighted by atomic mass is 19.1. The monoisotopic (exact) mass is 244 g/mol. The molecule has 2 nitrogen and oxygen atoms in total. The Labute approximate surface area is 105 Å². The molecular formula is C15H13FO2. The minimum absolute atomic E-state index is 0.0481. The molecule has 1 atom stereocenters. The van der Waals surface area contributed by atoms with Crippen molar-refractivity contribution in [1.29, 1.82) is 0 Å². The lowest BCUT2D eigenvalue weighted by Crippen LogP contribution is -2.08. The summed E-state index contributed by atoms with van der Waals surface area (Å²) in [6.45, 7) is 0. The molecule has 0 aliphatic carbocycles. The van der Waals surface area contributed by atoms with Crippen LogP contribution in [0.15, 0.2) is 54.6 Å². The number of hydrogen-bond donors (Lipinski definition) is 1. The molecule has 0 fully saturated rings. The second kappa shape index (κ2) is 5.45. The summed E-state index contributed by atoms with van der Waals surface area (Å²) in [6, 6.07) is 15.4. The van der Waals surface area contributed by atoms with Gasteiger partial charge in [0, 0.05) is 5.92 Å². The van der Waals surface area contributed by atoms with E-state index in [-0.39, 0.29) is 18.2 Å². The van der Waals surface area contributed by atoms with Crippen molar-refractivity contribution in [2.24, 2.45) is 0 Å². The van der Waals surface area contributed by atoms with E-state index in [1.54, 1.807) is 12.1 Å². The number of benzene rings is 2. The normalized spacial score (nSPS) is 12.1. The predicted molar refractivity (Wildman–Crippen MR) is 66.9 cm³/mol. The van der Waals surface area contributed by atoms with Crippen LogP contribution in [0.4, 0.5) is 4.39 Å². The number of aliphatic carboxylic acids is 1. The van der Waals surface area contributed by atoms with Crippen LogP contribution < -0.4 is 0 Å². The maximum Gasteiger partial charge on any atom is 0.304 e. The van der Waals surface area contributed by atoms with Gasteiger partial charge >= 0.3 is 5.97 Å². The van der Waals surface area contributed by atoms with Gasteiger partial charge in [-0.25, -0.2) is 4.39 Å². The topological polar surface area (TPSA) is 37.3 Å². The Morgan fingerprint density at radius 3 is 2.33 bits per heavy atom. The van der Waals surface area contributed by atoms with Crippen LogP contribution in [0.5, 0.6) is 0 Å². The van der Waals surface area contributed by atoms with Gasteiger partial charge in [0.2, 0.25) is 0 Å². The zero-order chi connectivity index (χ0) is 13.0. The number of carbonyl (C=O) groups is 1. The Morgan fingerprint density at radius 2 is 1.72 bits per heavy atom. The zero-order valence-electron chi connectivity index (χ0n) is 9.71. The molecule has 0 aliphatic rings. The lowest BCUT2D eigenvalue weighted by atomic mass is 9.88. The molecule has 2 aromatic rings. The quantitative estimate of drug-likeness (QED) is 0.894. The molecule has 0 aromatic heterocycles. The van der Waals surface area contributed by atoms with Crippen LogP contribution in [0.25, 0.3) is 0 Å². The maximum atomic E-state index is 13.2. The fourth-order valence-electron chi connectivity index (χ4n) is 2.01. The van der Waals surface area contributed by atoms with E-state index in [9.17, 15) is 9.18 Å². The van der Waals surface area contributed by atoms with Gasteiger partial charge in [-0.05, 0) is 23.3 Å². The summed E-state index contributed by atoms with van der Waals surface area (Å²) in [5.41, 5.74) is 1.56. The zero-order valence-corrected chi connectivity index (χ0v) is 9.71. The van der Waals surface area contributed by atoms with Crippen LogP contribution in [0, 0.1) is 5.82 Å². The molecule has 18 heavy (non-hydrogen) atoms. The first-order chi connectivity index (χ1) is 8.66. The molecule has 3 heteroatoms. The van der Waals surface area contributed by atoms with Crippen molar-refractivity contribution >= 4 is 5.97 Å². The third-order valence-corrected chi connectivity index (χ3v) is 2.83. The molecule has 0 amide bonds. The second-order valence-corrected chi connectivity index (χ2v) is 4.12. The molecule has 0 saturated heterocycles. The van der Waals surface area contributed by atoms with Gasteiger partial charge in [-0.1, -0.05) is 42.5 Å². The molecule has 0 heterocycles. The molecule has 0 radical (unpaired) electrons. The fraction of sp³-hybridized carbons (Fsp3) is 0.133. The van der Waals surface area contributed by atoms with E-state index >= 15 is 0 Å². The lowest BCUT2D eigenvalue weighted by molar-refractivity contribution is -0.137. The van der Waals surface area contributed by atoms with Crippen molar-refractivity contribution in [1.82, 2.24) is 0 Å². The van der Waals surface area contributed by atoms with Crippen molar-refractivity contribution in [2.75, 3.05) is 0 Å². The number of carboxylic acid groups (broad SMARTS) is 1. The second-order valence-electron chi connectivity index (χ2n) is 4.12. The van der Waals surface area contributed by atoms with E-state index in [0.717, 1.165) is 5.56 Å². The van der Waals surface area contributed by atoms with Crippen LogP contribution in [0.3, 0.4) is 0 Å². The third-order valence-electron chi connectivity index (χ3n) is 2.83. The van der Waals surface area contributed by atoms with Gasteiger partial charge in [-0.2, -0.15) is 0 Å². The van der Waals surface area contributed by atoms with Crippen molar-refractivity contribution in [3.63, 3.8) is 0 Å². The summed E-state index contributed by atoms with van der Waals surface area (Å²) in [5.74, 6) is -1.56. The van der Waals surface area contributed by atoms with Gasteiger partial charge < -0.3 is 5.11 Å². The van der Waals surface area contributed by atoms with Gasteiger partial charge in [0.05, 0.1) is 6.42 Å². The number of halogens is 1. The highest BCUT2D eigenvalue weighted by molar-refractivity contribution is 5.69. The summed E-state index contributed by atoms with van der Waals surface area (Å²) < 4.78 is 13.2. The molecule has 0 unspecified atom stereocenters. The number of carboxylic acids is 1. The van der Waals surface area contributed by atoms with Crippen molar-refractivity contribution in [3.05, 3.63) is 71.5 Å². The Bertz CT molecular complexity index is 537. The highest BCUT2D eigenvalue weighted by Crippen LogP contribution is 2.28. The molecule has 0 aliphatic heterocycles. The molecule has 0 bridgehead atoms. The summed E-state index contributed by atoms with van der Waals surface area (Å²) in [5, 5.41) is 8.98. The summed E-state index contributed by atoms with van der Waals surface area (Å²) in [6.07, 6.45) is -0.0481. The van der Waals surface area contributed by atoms with E-state index in [0.29, 0.717) is 5.56 Å². The smallest absolute Gasteiger partial charge is 0.304 e. The van der Waals surface area contributed by atoms with E-state index in [4.69, 9.17) is 5.11 Å². The van der Waals surface area contributed by atoms with Gasteiger partial charge in [0.25, 0.3) is 0 Å². The number of rotatable bonds is 4. The Balaban J connectivity index is 2.40. The predicted octanol–water partition coefficient (Wildman–Crippen LogP) is 3.43. The molecule has 92 valence electrons. The van der Waals surface area contributed by atoms with E-state index < -0.39 is 5.97 Å². The average molecular weight is 244 g/mol. The standard InChI is InChI=1S/C15H13FO2/c16-13-8-4-7-12(9-13)14(10-15(17)18)11-5-2-1-3-6-11/h1-9,14H,10H2,(H,17,18)/t14-/m1/s1. The largest absolute Gasteiger partial charge is 0.481 e. The van der Waals surface area contributed by atoms with E-state index in [1.807, 2.05) is 30.3 Å². The van der Waals surface area contributed by atoms with Crippen molar-refractivity contribution < 1.29 is 14.3 Å². The molecule has 1 N–H and O–H groups in total. The fourth-order valence-corrected chi connectivity index (χ4v) is 2.01. The Morgan fingerprint density at radius 1 is 1.06 bits per heavy atom. The minimum Gasteiger partial charge on any atom is -0.481 e. The first-order valence-electron chi connectivity index (χ1n) is 5.69. The summed E-state index contributed by atoms with van der Waals surface area (Å²) in [4.78, 5) is 10.9. The van der Waals surface area contributed by atoms with Gasteiger partial charge in [0.1, 0.15) is 5.82 Å². The van der Waals surface area contributed by atoms with Gasteiger partial charge in [-0.15, -0.1) is 0 Å². The van der Waals surface area contributed by atoms with Crippen molar-refractivity contribution in [2.45, 2.75) is 12.3 Å².